The second-order valence-corrected chi connectivity index (χ2v) is 7.16. The molecule has 3 fully saturated rings. The SMILES string of the molecule is COCCN1C(=O)[C@H]2CC[C@@H]1CN(C(=O)CCn1c(C)cccc1=O)C2. The van der Waals surface area contributed by atoms with E-state index in [1.807, 2.05) is 22.8 Å². The van der Waals surface area contributed by atoms with Crippen LogP contribution >= 0.6 is 0 Å². The Morgan fingerprint density at radius 2 is 2.00 bits per heavy atom. The molecule has 1 aromatic rings. The molecule has 3 aliphatic heterocycles. The van der Waals surface area contributed by atoms with Gasteiger partial charge in [0.15, 0.2) is 0 Å². The number of fused-ring (bicyclic) bond motifs is 4. The van der Waals surface area contributed by atoms with Crippen molar-refractivity contribution in [3.8, 4) is 0 Å². The van der Waals surface area contributed by atoms with Gasteiger partial charge in [0.25, 0.3) is 5.56 Å². The summed E-state index contributed by atoms with van der Waals surface area (Å²) in [5.41, 5.74) is 0.761. The number of aromatic nitrogens is 1. The van der Waals surface area contributed by atoms with Crippen molar-refractivity contribution in [2.45, 2.75) is 38.8 Å². The molecule has 2 bridgehead atoms. The second kappa shape index (κ2) is 8.03. The van der Waals surface area contributed by atoms with E-state index < -0.39 is 0 Å². The van der Waals surface area contributed by atoms with Crippen LogP contribution in [0.2, 0.25) is 0 Å². The zero-order valence-corrected chi connectivity index (χ0v) is 15.5. The van der Waals surface area contributed by atoms with Gasteiger partial charge in [0.2, 0.25) is 11.8 Å². The monoisotopic (exact) mass is 361 g/mol. The van der Waals surface area contributed by atoms with Crippen LogP contribution in [0.25, 0.3) is 0 Å². The predicted octanol–water partition coefficient (Wildman–Crippen LogP) is 0.643. The van der Waals surface area contributed by atoms with E-state index in [1.54, 1.807) is 17.7 Å². The molecule has 3 aliphatic rings. The van der Waals surface area contributed by atoms with Crippen LogP contribution in [0.1, 0.15) is 25.0 Å². The Morgan fingerprint density at radius 3 is 2.73 bits per heavy atom. The van der Waals surface area contributed by atoms with Crippen molar-refractivity contribution in [1.82, 2.24) is 14.4 Å². The van der Waals surface area contributed by atoms with Crippen LogP contribution in [-0.4, -0.2) is 65.6 Å². The molecular weight excluding hydrogens is 334 g/mol. The molecule has 2 amide bonds. The third-order valence-corrected chi connectivity index (χ3v) is 5.50. The third-order valence-electron chi connectivity index (χ3n) is 5.50. The minimum atomic E-state index is -0.115. The third kappa shape index (κ3) is 3.82. The average Bonchev–Trinajstić information content (AvgIpc) is 2.91. The summed E-state index contributed by atoms with van der Waals surface area (Å²) in [4.78, 5) is 41.0. The van der Waals surface area contributed by atoms with E-state index in [9.17, 15) is 14.4 Å². The van der Waals surface area contributed by atoms with Crippen LogP contribution in [0.15, 0.2) is 23.0 Å². The molecule has 3 saturated heterocycles. The summed E-state index contributed by atoms with van der Waals surface area (Å²) in [6.07, 6.45) is 2.05. The lowest BCUT2D eigenvalue weighted by atomic mass is 9.94. The van der Waals surface area contributed by atoms with Gasteiger partial charge in [-0.05, 0) is 25.8 Å². The number of piperidine rings is 1. The minimum absolute atomic E-state index is 0.0124. The molecule has 2 atom stereocenters. The van der Waals surface area contributed by atoms with Crippen molar-refractivity contribution in [3.63, 3.8) is 0 Å². The summed E-state index contributed by atoms with van der Waals surface area (Å²) in [7, 11) is 1.63. The lowest BCUT2D eigenvalue weighted by molar-refractivity contribution is -0.140. The summed E-state index contributed by atoms with van der Waals surface area (Å²) in [6.45, 7) is 4.39. The summed E-state index contributed by atoms with van der Waals surface area (Å²) in [6, 6.07) is 5.17. The molecule has 0 unspecified atom stereocenters. The van der Waals surface area contributed by atoms with Gasteiger partial charge in [0.1, 0.15) is 0 Å². The summed E-state index contributed by atoms with van der Waals surface area (Å²) in [5.74, 6) is 0.0397. The molecule has 0 spiro atoms. The van der Waals surface area contributed by atoms with Gasteiger partial charge in [0, 0.05) is 57.5 Å². The number of carbonyl (C=O) groups excluding carboxylic acids is 2. The van der Waals surface area contributed by atoms with E-state index in [-0.39, 0.29) is 35.8 Å². The number of pyridine rings is 1. The van der Waals surface area contributed by atoms with Crippen molar-refractivity contribution < 1.29 is 14.3 Å². The predicted molar refractivity (Wildman–Crippen MR) is 96.7 cm³/mol. The van der Waals surface area contributed by atoms with Crippen LogP contribution < -0.4 is 5.56 Å². The van der Waals surface area contributed by atoms with Crippen LogP contribution in [0.5, 0.6) is 0 Å². The first-order valence-corrected chi connectivity index (χ1v) is 9.25. The summed E-state index contributed by atoms with van der Waals surface area (Å²) >= 11 is 0. The number of nitrogens with zero attached hydrogens (tertiary/aromatic N) is 3. The van der Waals surface area contributed by atoms with Crippen molar-refractivity contribution >= 4 is 11.8 Å². The van der Waals surface area contributed by atoms with E-state index in [4.69, 9.17) is 4.74 Å². The average molecular weight is 361 g/mol. The number of methoxy groups -OCH3 is 1. The lowest BCUT2D eigenvalue weighted by Gasteiger charge is -2.35. The molecule has 1 aromatic heterocycles. The first-order valence-electron chi connectivity index (χ1n) is 9.25. The van der Waals surface area contributed by atoms with E-state index >= 15 is 0 Å². The number of hydrogen-bond donors (Lipinski definition) is 0. The number of carbonyl (C=O) groups is 2. The highest BCUT2D eigenvalue weighted by molar-refractivity contribution is 5.83. The first-order chi connectivity index (χ1) is 12.5. The van der Waals surface area contributed by atoms with Gasteiger partial charge < -0.3 is 19.1 Å². The fourth-order valence-corrected chi connectivity index (χ4v) is 4.00. The maximum Gasteiger partial charge on any atom is 0.250 e. The zero-order valence-electron chi connectivity index (χ0n) is 15.5. The van der Waals surface area contributed by atoms with E-state index in [0.29, 0.717) is 32.8 Å². The van der Waals surface area contributed by atoms with E-state index in [1.165, 1.54) is 6.07 Å². The van der Waals surface area contributed by atoms with Gasteiger partial charge in [-0.2, -0.15) is 0 Å². The molecule has 7 nitrogen and oxygen atoms in total. The Kier molecular flexibility index (Phi) is 5.76. The zero-order chi connectivity index (χ0) is 18.7. The fraction of sp³-hybridized carbons (Fsp3) is 0.632. The first kappa shape index (κ1) is 18.6. The van der Waals surface area contributed by atoms with E-state index in [2.05, 4.69) is 0 Å². The Labute approximate surface area is 153 Å². The molecule has 142 valence electrons. The fourth-order valence-electron chi connectivity index (χ4n) is 4.00. The Balaban J connectivity index is 1.65. The van der Waals surface area contributed by atoms with Gasteiger partial charge in [-0.15, -0.1) is 0 Å². The molecule has 0 N–H and O–H groups in total. The van der Waals surface area contributed by atoms with Gasteiger partial charge in [0.05, 0.1) is 12.5 Å². The van der Waals surface area contributed by atoms with E-state index in [0.717, 1.165) is 18.5 Å². The Morgan fingerprint density at radius 1 is 1.19 bits per heavy atom. The summed E-state index contributed by atoms with van der Waals surface area (Å²) < 4.78 is 6.74. The topological polar surface area (TPSA) is 71.8 Å². The molecule has 4 rings (SSSR count). The largest absolute Gasteiger partial charge is 0.383 e. The molecule has 0 aromatic carbocycles. The van der Waals surface area contributed by atoms with Crippen molar-refractivity contribution in [2.75, 3.05) is 33.4 Å². The highest BCUT2D eigenvalue weighted by atomic mass is 16.5. The Hall–Kier alpha value is -2.15. The minimum Gasteiger partial charge on any atom is -0.383 e. The number of aryl methyl sites for hydroxylation is 1. The highest BCUT2D eigenvalue weighted by Crippen LogP contribution is 2.29. The quantitative estimate of drug-likeness (QED) is 0.746. The van der Waals surface area contributed by atoms with Crippen LogP contribution in [0.4, 0.5) is 0 Å². The smallest absolute Gasteiger partial charge is 0.250 e. The Bertz CT molecular complexity index is 730. The van der Waals surface area contributed by atoms with Crippen molar-refractivity contribution in [1.29, 1.82) is 0 Å². The lowest BCUT2D eigenvalue weighted by Crippen LogP contribution is -2.49. The van der Waals surface area contributed by atoms with Gasteiger partial charge in [-0.1, -0.05) is 6.07 Å². The van der Waals surface area contributed by atoms with Crippen molar-refractivity contribution in [3.05, 3.63) is 34.2 Å². The highest BCUT2D eigenvalue weighted by Gasteiger charge is 2.41. The van der Waals surface area contributed by atoms with Crippen molar-refractivity contribution in [2.24, 2.45) is 5.92 Å². The van der Waals surface area contributed by atoms with Gasteiger partial charge in [-0.25, -0.2) is 0 Å². The molecule has 0 aliphatic carbocycles. The van der Waals surface area contributed by atoms with Crippen LogP contribution in [-0.2, 0) is 20.9 Å². The van der Waals surface area contributed by atoms with Crippen LogP contribution in [0.3, 0.4) is 0 Å². The number of rotatable bonds is 6. The molecule has 0 radical (unpaired) electrons. The molecular formula is C19H27N3O4. The molecule has 0 saturated carbocycles. The van der Waals surface area contributed by atoms with Gasteiger partial charge in [-0.3, -0.25) is 14.4 Å². The van der Waals surface area contributed by atoms with Gasteiger partial charge >= 0.3 is 0 Å². The number of amides is 2. The maximum absolute atomic E-state index is 12.7. The molecule has 4 heterocycles. The normalized spacial score (nSPS) is 22.6. The molecule has 7 heteroatoms. The van der Waals surface area contributed by atoms with Crippen LogP contribution in [0, 0.1) is 12.8 Å². The summed E-state index contributed by atoms with van der Waals surface area (Å²) in [5, 5.41) is 0. The number of hydrogen-bond acceptors (Lipinski definition) is 4. The maximum atomic E-state index is 12.7. The number of ether oxygens (including phenoxy) is 1. The standard InChI is InChI=1S/C19H27N3O4/c1-14-4-3-5-18(24)21(14)9-8-17(23)20-12-15-6-7-16(13-20)22(19(15)25)10-11-26-2/h3-5,15-16H,6-13H2,1-2H3/t15-,16+/m0/s1. The second-order valence-electron chi connectivity index (χ2n) is 7.16. The molecule has 26 heavy (non-hydrogen) atoms.